The molecule has 0 unspecified atom stereocenters. The van der Waals surface area contributed by atoms with E-state index in [0.717, 1.165) is 12.1 Å². The topological polar surface area (TPSA) is 185 Å². The number of benzene rings is 1. The normalized spacial score (nSPS) is 14.2. The molecule has 0 saturated carbocycles. The van der Waals surface area contributed by atoms with Crippen molar-refractivity contribution in [3.05, 3.63) is 43.6 Å². The number of hydrazine groups is 1. The number of carbonyl (C=O) groups excluding carboxylic acids is 1. The van der Waals surface area contributed by atoms with Crippen molar-refractivity contribution < 1.29 is 38.7 Å². The number of amides is 1. The highest BCUT2D eigenvalue weighted by atomic mass is 16.7. The SMILES string of the molecule is COCCOCCOC(=O)N1CCN(/[N+]([O-])=N/Oc2ccc([N+](=O)[O-])cc2[N+](=O)[O-])CC1. The second-order valence-corrected chi connectivity index (χ2v) is 6.25. The number of nitro groups is 2. The standard InChI is InChI=1S/C16H22N6O10/c1-29-8-9-30-10-11-31-16(23)18-4-6-19(7-5-18)22(28)17-32-15-3-2-13(20(24)25)12-14(15)21(26)27/h2-3,12H,4-11H2,1H3/b22-17-. The third-order valence-electron chi connectivity index (χ3n) is 4.20. The van der Waals surface area contributed by atoms with Crippen LogP contribution in [0, 0.1) is 25.4 Å². The van der Waals surface area contributed by atoms with E-state index >= 15 is 0 Å². The van der Waals surface area contributed by atoms with E-state index in [4.69, 9.17) is 19.0 Å². The fraction of sp³-hybridized carbons (Fsp3) is 0.562. The molecule has 16 nitrogen and oxygen atoms in total. The minimum Gasteiger partial charge on any atom is -0.569 e. The Balaban J connectivity index is 1.83. The predicted molar refractivity (Wildman–Crippen MR) is 104 cm³/mol. The number of nitrogens with zero attached hydrogens (tertiary/aromatic N) is 6. The first kappa shape index (κ1) is 24.5. The van der Waals surface area contributed by atoms with Crippen LogP contribution in [0.2, 0.25) is 0 Å². The minimum absolute atomic E-state index is 0.0770. The van der Waals surface area contributed by atoms with E-state index in [2.05, 4.69) is 5.28 Å². The van der Waals surface area contributed by atoms with Crippen molar-refractivity contribution in [2.24, 2.45) is 5.28 Å². The summed E-state index contributed by atoms with van der Waals surface area (Å²) in [4.78, 5) is 38.5. The van der Waals surface area contributed by atoms with Crippen LogP contribution in [0.15, 0.2) is 23.5 Å². The molecular weight excluding hydrogens is 436 g/mol. The van der Waals surface area contributed by atoms with Gasteiger partial charge in [0.2, 0.25) is 11.0 Å². The zero-order valence-corrected chi connectivity index (χ0v) is 17.2. The Labute approximate surface area is 181 Å². The van der Waals surface area contributed by atoms with E-state index in [0.29, 0.717) is 19.3 Å². The first-order chi connectivity index (χ1) is 15.3. The fourth-order valence-corrected chi connectivity index (χ4v) is 2.54. The van der Waals surface area contributed by atoms with Crippen LogP contribution in [-0.4, -0.2) is 90.5 Å². The van der Waals surface area contributed by atoms with Gasteiger partial charge in [0.15, 0.2) is 0 Å². The summed E-state index contributed by atoms with van der Waals surface area (Å²) < 4.78 is 15.1. The molecule has 1 saturated heterocycles. The fourth-order valence-electron chi connectivity index (χ4n) is 2.54. The Morgan fingerprint density at radius 2 is 1.72 bits per heavy atom. The number of piperazine rings is 1. The maximum absolute atomic E-state index is 12.1. The summed E-state index contributed by atoms with van der Waals surface area (Å²) in [6.07, 6.45) is -0.549. The van der Waals surface area contributed by atoms with Crippen molar-refractivity contribution in [2.45, 2.75) is 0 Å². The summed E-state index contributed by atoms with van der Waals surface area (Å²) in [5, 5.41) is 38.4. The van der Waals surface area contributed by atoms with Crippen LogP contribution in [0.1, 0.15) is 0 Å². The van der Waals surface area contributed by atoms with Crippen LogP contribution in [-0.2, 0) is 14.2 Å². The summed E-state index contributed by atoms with van der Waals surface area (Å²) in [5.41, 5.74) is -1.22. The quantitative estimate of drug-likeness (QED) is 0.152. The van der Waals surface area contributed by atoms with Crippen LogP contribution in [0.5, 0.6) is 5.75 Å². The van der Waals surface area contributed by atoms with Gasteiger partial charge in [-0.25, -0.2) is 4.79 Å². The Bertz CT molecular complexity index is 843. The van der Waals surface area contributed by atoms with Gasteiger partial charge in [0.1, 0.15) is 6.61 Å². The molecule has 0 aromatic heterocycles. The molecule has 1 aromatic rings. The van der Waals surface area contributed by atoms with E-state index in [9.17, 15) is 30.2 Å². The van der Waals surface area contributed by atoms with Gasteiger partial charge in [0, 0.05) is 26.3 Å². The second-order valence-electron chi connectivity index (χ2n) is 6.25. The molecule has 0 aliphatic carbocycles. The smallest absolute Gasteiger partial charge is 0.409 e. The van der Waals surface area contributed by atoms with Gasteiger partial charge in [-0.1, -0.05) is 0 Å². The monoisotopic (exact) mass is 458 g/mol. The van der Waals surface area contributed by atoms with Crippen LogP contribution < -0.4 is 4.84 Å². The maximum Gasteiger partial charge on any atom is 0.409 e. The summed E-state index contributed by atoms with van der Waals surface area (Å²) in [5.74, 6) is -0.434. The number of nitro benzene ring substituents is 2. The van der Waals surface area contributed by atoms with Crippen LogP contribution in [0.4, 0.5) is 16.2 Å². The number of carbonyl (C=O) groups is 1. The van der Waals surface area contributed by atoms with E-state index in [1.165, 1.54) is 9.91 Å². The van der Waals surface area contributed by atoms with Crippen LogP contribution in [0.3, 0.4) is 0 Å². The lowest BCUT2D eigenvalue weighted by atomic mass is 10.2. The zero-order valence-electron chi connectivity index (χ0n) is 17.2. The molecule has 0 spiro atoms. The highest BCUT2D eigenvalue weighted by Gasteiger charge is 2.27. The number of hydrogen-bond acceptors (Lipinski definition) is 11. The highest BCUT2D eigenvalue weighted by molar-refractivity contribution is 5.67. The lowest BCUT2D eigenvalue weighted by Gasteiger charge is -2.30. The summed E-state index contributed by atoms with van der Waals surface area (Å²) >= 11 is 0. The largest absolute Gasteiger partial charge is 0.569 e. The number of hydrogen-bond donors (Lipinski definition) is 0. The predicted octanol–water partition coefficient (Wildman–Crippen LogP) is 1.09. The molecule has 1 fully saturated rings. The van der Waals surface area contributed by atoms with Gasteiger partial charge >= 0.3 is 11.8 Å². The van der Waals surface area contributed by atoms with Crippen molar-refractivity contribution in [1.29, 1.82) is 0 Å². The van der Waals surface area contributed by atoms with Crippen LogP contribution >= 0.6 is 0 Å². The molecule has 32 heavy (non-hydrogen) atoms. The van der Waals surface area contributed by atoms with E-state index in [-0.39, 0.29) is 44.4 Å². The van der Waals surface area contributed by atoms with Crippen molar-refractivity contribution in [2.75, 3.05) is 59.7 Å². The number of rotatable bonds is 11. The number of non-ortho nitro benzene ring substituents is 1. The third kappa shape index (κ3) is 7.17. The number of methoxy groups -OCH3 is 1. The average Bonchev–Trinajstić information content (AvgIpc) is 2.79. The molecule has 2 rings (SSSR count). The van der Waals surface area contributed by atoms with Gasteiger partial charge in [-0.05, 0) is 6.07 Å². The lowest BCUT2D eigenvalue weighted by Crippen LogP contribution is -2.51. The van der Waals surface area contributed by atoms with Gasteiger partial charge < -0.3 is 24.3 Å². The molecule has 0 N–H and O–H groups in total. The van der Waals surface area contributed by atoms with Crippen LogP contribution in [0.25, 0.3) is 0 Å². The highest BCUT2D eigenvalue weighted by Crippen LogP contribution is 2.31. The average molecular weight is 458 g/mol. The van der Waals surface area contributed by atoms with E-state index < -0.39 is 33.1 Å². The van der Waals surface area contributed by atoms with Crippen molar-refractivity contribution in [1.82, 2.24) is 9.91 Å². The maximum atomic E-state index is 12.1. The Morgan fingerprint density at radius 3 is 2.34 bits per heavy atom. The Morgan fingerprint density at radius 1 is 1.03 bits per heavy atom. The first-order valence-electron chi connectivity index (χ1n) is 9.34. The van der Waals surface area contributed by atoms with E-state index in [1.807, 2.05) is 0 Å². The molecule has 16 heteroatoms. The van der Waals surface area contributed by atoms with Gasteiger partial charge in [0.25, 0.3) is 5.69 Å². The zero-order chi connectivity index (χ0) is 23.5. The summed E-state index contributed by atoms with van der Waals surface area (Å²) in [6.45, 7) is 1.71. The number of ether oxygens (including phenoxy) is 3. The van der Waals surface area contributed by atoms with Gasteiger partial charge in [-0.15, -0.1) is 5.01 Å². The molecule has 1 amide bonds. The Hall–Kier alpha value is -3.79. The molecule has 1 aliphatic rings. The molecular formula is C16H22N6O10. The van der Waals surface area contributed by atoms with Gasteiger partial charge in [-0.2, -0.15) is 0 Å². The summed E-state index contributed by atoms with van der Waals surface area (Å²) in [7, 11) is 1.55. The minimum atomic E-state index is -0.889. The first-order valence-corrected chi connectivity index (χ1v) is 9.34. The molecule has 1 heterocycles. The lowest BCUT2D eigenvalue weighted by molar-refractivity contribution is -0.708. The molecule has 176 valence electrons. The molecule has 0 radical (unpaired) electrons. The third-order valence-corrected chi connectivity index (χ3v) is 4.20. The molecule has 0 atom stereocenters. The Kier molecular flexibility index (Phi) is 9.30. The molecule has 1 aromatic carbocycles. The molecule has 0 bridgehead atoms. The van der Waals surface area contributed by atoms with Gasteiger partial charge in [0.05, 0.1) is 53.8 Å². The van der Waals surface area contributed by atoms with E-state index in [1.54, 1.807) is 7.11 Å². The van der Waals surface area contributed by atoms with Crippen molar-refractivity contribution >= 4 is 17.5 Å². The van der Waals surface area contributed by atoms with Crippen molar-refractivity contribution in [3.63, 3.8) is 0 Å². The van der Waals surface area contributed by atoms with Gasteiger partial charge in [-0.3, -0.25) is 25.1 Å². The van der Waals surface area contributed by atoms with Crippen molar-refractivity contribution in [3.8, 4) is 5.75 Å². The molecule has 1 aliphatic heterocycles. The summed E-state index contributed by atoms with van der Waals surface area (Å²) in [6, 6.07) is 2.66. The second kappa shape index (κ2) is 12.2.